The lowest BCUT2D eigenvalue weighted by Gasteiger charge is -2.35. The third kappa shape index (κ3) is 10.3. The van der Waals surface area contributed by atoms with Gasteiger partial charge in [0.25, 0.3) is 23.6 Å². The first-order valence-corrected chi connectivity index (χ1v) is 20.6. The average Bonchev–Trinajstić information content (AvgIpc) is 3.50. The predicted molar refractivity (Wildman–Crippen MR) is 230 cm³/mol. The Kier molecular flexibility index (Phi) is 14.6. The molecule has 0 spiro atoms. The number of anilines is 2. The van der Waals surface area contributed by atoms with Gasteiger partial charge in [-0.1, -0.05) is 30.3 Å². The van der Waals surface area contributed by atoms with Crippen LogP contribution in [-0.2, 0) is 4.79 Å². The lowest BCUT2D eigenvalue weighted by molar-refractivity contribution is -0.132. The van der Waals surface area contributed by atoms with Crippen LogP contribution in [-0.4, -0.2) is 111 Å². The van der Waals surface area contributed by atoms with Crippen LogP contribution in [0.5, 0.6) is 17.2 Å². The largest absolute Gasteiger partial charge is 0.495 e. The molecule has 1 saturated heterocycles. The molecular formula is C47H55N5O8. The summed E-state index contributed by atoms with van der Waals surface area (Å²) in [6, 6.07) is 24.6. The number of likely N-dealkylation sites (tertiary alicyclic amines) is 1. The second-order valence-electron chi connectivity index (χ2n) is 15.4. The molecule has 2 aliphatic rings. The highest BCUT2D eigenvalue weighted by Gasteiger charge is 2.34. The summed E-state index contributed by atoms with van der Waals surface area (Å²) in [5, 5.41) is 2.87. The normalized spacial score (nSPS) is 14.0. The Balaban J connectivity index is 1.00. The molecule has 2 aliphatic heterocycles. The highest BCUT2D eigenvalue weighted by Crippen LogP contribution is 2.33. The standard InChI is InChI=1S/C47H55N5O8/c1-32-19-22-39(42(30-32)60-28-12-6-7-18-43(53)51-26-23-34(24-27-51)49(2)3)50(4)45(55)33-20-21-38(41(31-33)58-5)48-44(54)37-16-10-11-17-40(37)59-29-13-25-52-46(56)35-14-8-9-15-36(35)47(52)57/h8-11,14-17,19-22,30-31,34H,6-7,12-13,18,23-29H2,1-5H3,(H,48,54). The predicted octanol–water partition coefficient (Wildman–Crippen LogP) is 7.09. The van der Waals surface area contributed by atoms with Crippen LogP contribution in [0.4, 0.5) is 11.4 Å². The van der Waals surface area contributed by atoms with E-state index in [-0.39, 0.29) is 42.3 Å². The summed E-state index contributed by atoms with van der Waals surface area (Å²) in [5.41, 5.74) is 3.37. The van der Waals surface area contributed by atoms with Crippen molar-refractivity contribution in [3.63, 3.8) is 0 Å². The fourth-order valence-corrected chi connectivity index (χ4v) is 7.59. The van der Waals surface area contributed by atoms with Crippen molar-refractivity contribution in [1.82, 2.24) is 14.7 Å². The van der Waals surface area contributed by atoms with Gasteiger partial charge in [-0.05, 0) is 120 Å². The van der Waals surface area contributed by atoms with E-state index in [9.17, 15) is 24.0 Å². The monoisotopic (exact) mass is 817 g/mol. The molecule has 1 fully saturated rings. The van der Waals surface area contributed by atoms with Crippen molar-refractivity contribution < 1.29 is 38.2 Å². The summed E-state index contributed by atoms with van der Waals surface area (Å²) in [6.45, 7) is 4.40. The van der Waals surface area contributed by atoms with Crippen molar-refractivity contribution in [2.75, 3.05) is 71.3 Å². The van der Waals surface area contributed by atoms with Crippen molar-refractivity contribution in [2.24, 2.45) is 0 Å². The lowest BCUT2D eigenvalue weighted by Crippen LogP contribution is -2.44. The number of rotatable bonds is 18. The third-order valence-corrected chi connectivity index (χ3v) is 11.1. The number of ether oxygens (including phenoxy) is 3. The highest BCUT2D eigenvalue weighted by atomic mass is 16.5. The van der Waals surface area contributed by atoms with E-state index in [0.717, 1.165) is 50.8 Å². The number of fused-ring (bicyclic) bond motifs is 1. The van der Waals surface area contributed by atoms with Gasteiger partial charge in [0.2, 0.25) is 5.91 Å². The number of piperidine rings is 1. The Morgan fingerprint density at radius 2 is 1.42 bits per heavy atom. The number of carbonyl (C=O) groups excluding carboxylic acids is 5. The van der Waals surface area contributed by atoms with Gasteiger partial charge in [-0.2, -0.15) is 0 Å². The number of nitrogens with zero attached hydrogens (tertiary/aromatic N) is 4. The Morgan fingerprint density at radius 3 is 2.12 bits per heavy atom. The Labute approximate surface area is 352 Å². The molecule has 0 radical (unpaired) electrons. The zero-order valence-corrected chi connectivity index (χ0v) is 35.2. The summed E-state index contributed by atoms with van der Waals surface area (Å²) in [6.07, 6.45) is 5.38. The van der Waals surface area contributed by atoms with Crippen LogP contribution < -0.4 is 24.4 Å². The second kappa shape index (κ2) is 20.2. The first-order chi connectivity index (χ1) is 29.0. The van der Waals surface area contributed by atoms with Crippen LogP contribution >= 0.6 is 0 Å². The van der Waals surface area contributed by atoms with Crippen molar-refractivity contribution in [1.29, 1.82) is 0 Å². The maximum absolute atomic E-state index is 13.8. The van der Waals surface area contributed by atoms with Gasteiger partial charge in [0.05, 0.1) is 48.4 Å². The fourth-order valence-electron chi connectivity index (χ4n) is 7.59. The molecule has 0 atom stereocenters. The molecule has 5 amide bonds. The van der Waals surface area contributed by atoms with Crippen LogP contribution in [0.2, 0.25) is 0 Å². The van der Waals surface area contributed by atoms with E-state index in [2.05, 4.69) is 24.3 Å². The van der Waals surface area contributed by atoms with Crippen LogP contribution in [0.25, 0.3) is 0 Å². The number of imide groups is 1. The van der Waals surface area contributed by atoms with E-state index in [0.29, 0.717) is 70.8 Å². The quantitative estimate of drug-likeness (QED) is 0.0825. The molecule has 316 valence electrons. The van der Waals surface area contributed by atoms with Crippen molar-refractivity contribution in [2.45, 2.75) is 57.9 Å². The molecule has 0 aliphatic carbocycles. The summed E-state index contributed by atoms with van der Waals surface area (Å²) < 4.78 is 17.8. The van der Waals surface area contributed by atoms with Gasteiger partial charge < -0.3 is 34.2 Å². The molecule has 6 rings (SSSR count). The minimum atomic E-state index is -0.450. The molecule has 13 heteroatoms. The van der Waals surface area contributed by atoms with Gasteiger partial charge in [0.1, 0.15) is 17.2 Å². The molecule has 0 bridgehead atoms. The van der Waals surface area contributed by atoms with Crippen molar-refractivity contribution in [3.05, 3.63) is 113 Å². The molecule has 0 unspecified atom stereocenters. The summed E-state index contributed by atoms with van der Waals surface area (Å²) in [5.74, 6) is 0.0409. The van der Waals surface area contributed by atoms with Crippen molar-refractivity contribution in [3.8, 4) is 17.2 Å². The first kappa shape index (κ1) is 43.4. The SMILES string of the molecule is COc1cc(C(=O)N(C)c2ccc(C)cc2OCCCCCC(=O)N2CCC(N(C)C)CC2)ccc1NC(=O)c1ccccc1OCCCN1C(=O)c2ccccc2C1=O. The van der Waals surface area contributed by atoms with Gasteiger partial charge >= 0.3 is 0 Å². The van der Waals surface area contributed by atoms with Crippen LogP contribution in [0.3, 0.4) is 0 Å². The van der Waals surface area contributed by atoms with Crippen LogP contribution in [0.1, 0.15) is 91.9 Å². The second-order valence-corrected chi connectivity index (χ2v) is 15.4. The molecule has 4 aromatic carbocycles. The van der Waals surface area contributed by atoms with Gasteiger partial charge in [-0.3, -0.25) is 28.9 Å². The Morgan fingerprint density at radius 1 is 0.750 bits per heavy atom. The maximum atomic E-state index is 13.8. The first-order valence-electron chi connectivity index (χ1n) is 20.6. The molecular weight excluding hydrogens is 763 g/mol. The number of benzene rings is 4. The number of aryl methyl sites for hydroxylation is 1. The lowest BCUT2D eigenvalue weighted by atomic mass is 10.0. The summed E-state index contributed by atoms with van der Waals surface area (Å²) in [4.78, 5) is 72.6. The zero-order valence-electron chi connectivity index (χ0n) is 35.2. The van der Waals surface area contributed by atoms with Gasteiger partial charge in [-0.15, -0.1) is 0 Å². The Hall–Kier alpha value is -6.21. The van der Waals surface area contributed by atoms with Crippen LogP contribution in [0, 0.1) is 6.92 Å². The summed E-state index contributed by atoms with van der Waals surface area (Å²) in [7, 11) is 7.34. The molecule has 13 nitrogen and oxygen atoms in total. The minimum absolute atomic E-state index is 0.165. The van der Waals surface area contributed by atoms with Gasteiger partial charge in [0, 0.05) is 44.7 Å². The molecule has 4 aromatic rings. The molecule has 60 heavy (non-hydrogen) atoms. The smallest absolute Gasteiger partial charge is 0.261 e. The van der Waals surface area contributed by atoms with E-state index < -0.39 is 5.91 Å². The molecule has 2 heterocycles. The number of hydrogen-bond donors (Lipinski definition) is 1. The number of methoxy groups -OCH3 is 1. The maximum Gasteiger partial charge on any atom is 0.261 e. The van der Waals surface area contributed by atoms with Gasteiger partial charge in [0.15, 0.2) is 0 Å². The number of hydrogen-bond acceptors (Lipinski definition) is 9. The topological polar surface area (TPSA) is 138 Å². The minimum Gasteiger partial charge on any atom is -0.495 e. The molecule has 1 N–H and O–H groups in total. The van der Waals surface area contributed by atoms with Gasteiger partial charge in [-0.25, -0.2) is 0 Å². The molecule has 0 aromatic heterocycles. The zero-order chi connectivity index (χ0) is 42.8. The highest BCUT2D eigenvalue weighted by molar-refractivity contribution is 6.21. The number of nitrogens with one attached hydrogen (secondary N) is 1. The van der Waals surface area contributed by atoms with Crippen LogP contribution in [0.15, 0.2) is 84.9 Å². The van der Waals surface area contributed by atoms with E-state index in [1.54, 1.807) is 73.8 Å². The van der Waals surface area contributed by atoms with E-state index in [1.807, 2.05) is 30.0 Å². The van der Waals surface area contributed by atoms with Crippen molar-refractivity contribution >= 4 is 40.9 Å². The number of amides is 5. The third-order valence-electron chi connectivity index (χ3n) is 11.1. The van der Waals surface area contributed by atoms with E-state index in [1.165, 1.54) is 16.9 Å². The Bertz CT molecular complexity index is 2160. The average molecular weight is 818 g/mol. The fraction of sp³-hybridized carbons (Fsp3) is 0.383. The number of carbonyl (C=O) groups is 5. The summed E-state index contributed by atoms with van der Waals surface area (Å²) >= 11 is 0. The molecule has 0 saturated carbocycles. The number of unbranched alkanes of at least 4 members (excludes halogenated alkanes) is 2. The number of para-hydroxylation sites is 1. The van der Waals surface area contributed by atoms with E-state index in [4.69, 9.17) is 14.2 Å². The van der Waals surface area contributed by atoms with E-state index >= 15 is 0 Å².